The SMILES string of the molecule is COC(=O)c1ccccc1CS(=O)(=O)N1CCN(Cc2c(-c3ccc(Cl)cc3)nc3ccc(-c4cc5ccccc5s4)cn23)CC1. The molecule has 11 heteroatoms. The van der Waals surface area contributed by atoms with Crippen molar-refractivity contribution in [2.75, 3.05) is 33.3 Å². The van der Waals surface area contributed by atoms with Gasteiger partial charge in [0.2, 0.25) is 10.0 Å². The Morgan fingerprint density at radius 3 is 2.39 bits per heavy atom. The number of hydrogen-bond acceptors (Lipinski definition) is 7. The summed E-state index contributed by atoms with van der Waals surface area (Å²) in [6, 6.07) is 29.2. The summed E-state index contributed by atoms with van der Waals surface area (Å²) < 4.78 is 36.7. The molecule has 6 aromatic rings. The van der Waals surface area contributed by atoms with E-state index in [1.54, 1.807) is 35.6 Å². The number of rotatable bonds is 8. The van der Waals surface area contributed by atoms with Crippen LogP contribution in [0.4, 0.5) is 0 Å². The molecular formula is C35H31ClN4O4S2. The molecule has 0 bridgehead atoms. The molecule has 7 rings (SSSR count). The van der Waals surface area contributed by atoms with E-state index in [9.17, 15) is 13.2 Å². The Hall–Kier alpha value is -4.06. The first kappa shape index (κ1) is 30.6. The minimum absolute atomic E-state index is 0.257. The quantitative estimate of drug-likeness (QED) is 0.163. The molecule has 1 fully saturated rings. The van der Waals surface area contributed by atoms with Crippen LogP contribution in [-0.2, 0) is 27.1 Å². The molecule has 0 aliphatic carbocycles. The third-order valence-electron chi connectivity index (χ3n) is 8.40. The molecule has 8 nitrogen and oxygen atoms in total. The van der Waals surface area contributed by atoms with Crippen LogP contribution in [0.1, 0.15) is 21.6 Å². The number of piperazine rings is 1. The number of thiophene rings is 1. The first-order valence-corrected chi connectivity index (χ1v) is 17.7. The molecular weight excluding hydrogens is 640 g/mol. The van der Waals surface area contributed by atoms with Crippen LogP contribution in [0.15, 0.2) is 97.2 Å². The van der Waals surface area contributed by atoms with Crippen molar-refractivity contribution in [1.29, 1.82) is 0 Å². The molecule has 234 valence electrons. The first-order valence-electron chi connectivity index (χ1n) is 14.9. The number of sulfonamides is 1. The van der Waals surface area contributed by atoms with Gasteiger partial charge in [-0.15, -0.1) is 11.3 Å². The van der Waals surface area contributed by atoms with Gasteiger partial charge >= 0.3 is 5.97 Å². The molecule has 46 heavy (non-hydrogen) atoms. The lowest BCUT2D eigenvalue weighted by Crippen LogP contribution is -2.48. The van der Waals surface area contributed by atoms with Crippen LogP contribution in [-0.4, -0.2) is 66.3 Å². The second-order valence-corrected chi connectivity index (χ2v) is 14.8. The van der Waals surface area contributed by atoms with E-state index in [2.05, 4.69) is 58.0 Å². The molecule has 0 N–H and O–H groups in total. The smallest absolute Gasteiger partial charge is 0.338 e. The number of ether oxygens (including phenoxy) is 1. The predicted molar refractivity (Wildman–Crippen MR) is 184 cm³/mol. The monoisotopic (exact) mass is 670 g/mol. The lowest BCUT2D eigenvalue weighted by atomic mass is 10.1. The number of pyridine rings is 1. The number of carbonyl (C=O) groups excluding carboxylic acids is 1. The topological polar surface area (TPSA) is 84.2 Å². The summed E-state index contributed by atoms with van der Waals surface area (Å²) in [7, 11) is -2.36. The Bertz CT molecular complexity index is 2140. The first-order chi connectivity index (χ1) is 22.3. The molecule has 3 aromatic heterocycles. The van der Waals surface area contributed by atoms with Crippen molar-refractivity contribution in [1.82, 2.24) is 18.6 Å². The molecule has 0 atom stereocenters. The summed E-state index contributed by atoms with van der Waals surface area (Å²) in [5.41, 5.74) is 5.53. The highest BCUT2D eigenvalue weighted by atomic mass is 35.5. The maximum atomic E-state index is 13.5. The zero-order valence-corrected chi connectivity index (χ0v) is 27.5. The van der Waals surface area contributed by atoms with Gasteiger partial charge in [0.1, 0.15) is 5.65 Å². The van der Waals surface area contributed by atoms with Crippen LogP contribution in [0.5, 0.6) is 0 Å². The van der Waals surface area contributed by atoms with E-state index in [0.717, 1.165) is 28.2 Å². The summed E-state index contributed by atoms with van der Waals surface area (Å²) in [6.45, 7) is 2.40. The summed E-state index contributed by atoms with van der Waals surface area (Å²) in [4.78, 5) is 20.7. The maximum absolute atomic E-state index is 13.5. The van der Waals surface area contributed by atoms with Crippen molar-refractivity contribution in [3.63, 3.8) is 0 Å². The minimum Gasteiger partial charge on any atom is -0.465 e. The summed E-state index contributed by atoms with van der Waals surface area (Å²) in [6.07, 6.45) is 2.15. The number of fused-ring (bicyclic) bond motifs is 2. The zero-order chi connectivity index (χ0) is 31.8. The molecule has 4 heterocycles. The molecule has 3 aromatic carbocycles. The van der Waals surface area contributed by atoms with Gasteiger partial charge in [0.25, 0.3) is 0 Å². The third-order valence-corrected chi connectivity index (χ3v) is 11.6. The Labute approximate surface area is 276 Å². The van der Waals surface area contributed by atoms with Crippen LogP contribution >= 0.6 is 22.9 Å². The van der Waals surface area contributed by atoms with Gasteiger partial charge in [0, 0.05) is 64.6 Å². The van der Waals surface area contributed by atoms with E-state index in [1.165, 1.54) is 26.4 Å². The highest BCUT2D eigenvalue weighted by Gasteiger charge is 2.29. The van der Waals surface area contributed by atoms with Crippen molar-refractivity contribution < 1.29 is 17.9 Å². The van der Waals surface area contributed by atoms with Crippen molar-refractivity contribution in [2.45, 2.75) is 12.3 Å². The van der Waals surface area contributed by atoms with Gasteiger partial charge in [0.15, 0.2) is 0 Å². The number of imidazole rings is 1. The number of aromatic nitrogens is 2. The molecule has 1 aliphatic rings. The van der Waals surface area contributed by atoms with E-state index in [-0.39, 0.29) is 11.3 Å². The average Bonchev–Trinajstić information content (AvgIpc) is 3.67. The highest BCUT2D eigenvalue weighted by molar-refractivity contribution is 7.88. The fourth-order valence-electron chi connectivity index (χ4n) is 5.97. The van der Waals surface area contributed by atoms with Gasteiger partial charge in [-0.05, 0) is 53.4 Å². The summed E-state index contributed by atoms with van der Waals surface area (Å²) >= 11 is 7.98. The average molecular weight is 671 g/mol. The number of esters is 1. The van der Waals surface area contributed by atoms with Crippen molar-refractivity contribution in [3.05, 3.63) is 119 Å². The van der Waals surface area contributed by atoms with Gasteiger partial charge in [-0.1, -0.05) is 60.1 Å². The zero-order valence-electron chi connectivity index (χ0n) is 25.1. The summed E-state index contributed by atoms with van der Waals surface area (Å²) in [5, 5.41) is 1.88. The number of nitrogens with zero attached hydrogens (tertiary/aromatic N) is 4. The predicted octanol–water partition coefficient (Wildman–Crippen LogP) is 6.97. The van der Waals surface area contributed by atoms with Crippen molar-refractivity contribution in [3.8, 4) is 21.7 Å². The molecule has 0 unspecified atom stereocenters. The number of hydrogen-bond donors (Lipinski definition) is 0. The van der Waals surface area contributed by atoms with Crippen molar-refractivity contribution in [2.24, 2.45) is 0 Å². The summed E-state index contributed by atoms with van der Waals surface area (Å²) in [5.74, 6) is -0.803. The van der Waals surface area contributed by atoms with Crippen LogP contribution in [0, 0.1) is 0 Å². The van der Waals surface area contributed by atoms with E-state index >= 15 is 0 Å². The van der Waals surface area contributed by atoms with Gasteiger partial charge in [-0.3, -0.25) is 4.90 Å². The molecule has 1 saturated heterocycles. The maximum Gasteiger partial charge on any atom is 0.338 e. The molecule has 0 amide bonds. The minimum atomic E-state index is -3.65. The van der Waals surface area contributed by atoms with Crippen molar-refractivity contribution >= 4 is 54.7 Å². The lowest BCUT2D eigenvalue weighted by Gasteiger charge is -2.34. The third kappa shape index (κ3) is 6.06. The fourth-order valence-corrected chi connectivity index (χ4v) is 8.70. The number of benzene rings is 3. The Kier molecular flexibility index (Phi) is 8.39. The lowest BCUT2D eigenvalue weighted by molar-refractivity contribution is 0.0600. The van der Waals surface area contributed by atoms with Gasteiger partial charge in [-0.2, -0.15) is 4.31 Å². The standard InChI is InChI=1S/C35H31ClN4O4S2/c1-44-35(41)29-8-4-2-7-27(29)23-46(42,43)39-18-16-38(17-19-39)22-30-34(24-10-13-28(36)14-11-24)37-33-15-12-26(21-40(30)33)32-20-25-6-3-5-9-31(25)45-32/h2-15,20-21H,16-19,22-23H2,1H3. The van der Waals surface area contributed by atoms with Gasteiger partial charge < -0.3 is 9.14 Å². The number of carbonyl (C=O) groups is 1. The second kappa shape index (κ2) is 12.6. The van der Waals surface area contributed by atoms with Crippen LogP contribution < -0.4 is 0 Å². The molecule has 1 aliphatic heterocycles. The van der Waals surface area contributed by atoms with Crippen LogP contribution in [0.25, 0.3) is 37.4 Å². The Morgan fingerprint density at radius 1 is 0.913 bits per heavy atom. The fraction of sp³-hybridized carbons (Fsp3) is 0.200. The molecule has 0 saturated carbocycles. The van der Waals surface area contributed by atoms with E-state index in [4.69, 9.17) is 21.3 Å². The normalized spacial score (nSPS) is 14.7. The van der Waals surface area contributed by atoms with E-state index in [1.807, 2.05) is 24.3 Å². The Balaban J connectivity index is 1.16. The van der Waals surface area contributed by atoms with Gasteiger partial charge in [-0.25, -0.2) is 18.2 Å². The number of methoxy groups -OCH3 is 1. The largest absolute Gasteiger partial charge is 0.465 e. The van der Waals surface area contributed by atoms with E-state index in [0.29, 0.717) is 43.3 Å². The van der Waals surface area contributed by atoms with Crippen LogP contribution in [0.3, 0.4) is 0 Å². The van der Waals surface area contributed by atoms with Gasteiger partial charge in [0.05, 0.1) is 29.8 Å². The van der Waals surface area contributed by atoms with E-state index < -0.39 is 16.0 Å². The Morgan fingerprint density at radius 2 is 1.63 bits per heavy atom. The molecule has 0 spiro atoms. The second-order valence-electron chi connectivity index (χ2n) is 11.3. The highest BCUT2D eigenvalue weighted by Crippen LogP contribution is 2.35. The van der Waals surface area contributed by atoms with Crippen LogP contribution in [0.2, 0.25) is 5.02 Å². The molecule has 0 radical (unpaired) electrons. The number of halogens is 1.